The molecule has 1 aliphatic rings. The van der Waals surface area contributed by atoms with Crippen LogP contribution in [0.25, 0.3) is 0 Å². The summed E-state index contributed by atoms with van der Waals surface area (Å²) in [5.74, 6) is -2.25. The fourth-order valence-corrected chi connectivity index (χ4v) is 3.76. The lowest BCUT2D eigenvalue weighted by atomic mass is 9.80. The maximum absolute atomic E-state index is 13.7. The number of ketones is 1. The number of carbonyl (C=O) groups excluding carboxylic acids is 1. The third-order valence-electron chi connectivity index (χ3n) is 3.92. The van der Waals surface area contributed by atoms with E-state index in [0.29, 0.717) is 5.76 Å². The second-order valence-electron chi connectivity index (χ2n) is 5.61. The highest BCUT2D eigenvalue weighted by atomic mass is 32.1. The number of aryl methyl sites for hydroxylation is 1. The molecule has 25 heavy (non-hydrogen) atoms. The van der Waals surface area contributed by atoms with Crippen LogP contribution in [0.15, 0.2) is 34.1 Å². The number of carbonyl (C=O) groups is 1. The quantitative estimate of drug-likeness (QED) is 0.553. The average molecular weight is 390 g/mol. The number of furan rings is 1. The monoisotopic (exact) mass is 390 g/mol. The van der Waals surface area contributed by atoms with Crippen molar-refractivity contribution in [2.45, 2.75) is 24.9 Å². The number of Topliss-reactive ketones (excluding diaryl/α,β-unsaturated/α-hetero) is 1. The van der Waals surface area contributed by atoms with Crippen LogP contribution >= 0.6 is 23.6 Å². The standard InChI is InChI=1S/C15H13F3N2O3S2/c1-7-4-5-8(23-7)11-10(12(21)9-3-2-6-25-9)14(22,15(16,17)18)20-13(24)19-11/h2-6,10-11,22H,1H3,(H2,19,20,24)/t10-,11+,14+/m1/s1. The predicted molar refractivity (Wildman–Crippen MR) is 88.2 cm³/mol. The van der Waals surface area contributed by atoms with E-state index in [1.54, 1.807) is 24.4 Å². The summed E-state index contributed by atoms with van der Waals surface area (Å²) in [6.07, 6.45) is -5.14. The number of thiocarbonyl (C=S) groups is 1. The van der Waals surface area contributed by atoms with Gasteiger partial charge in [-0.2, -0.15) is 13.2 Å². The smallest absolute Gasteiger partial charge is 0.437 e. The molecule has 0 aromatic carbocycles. The van der Waals surface area contributed by atoms with Gasteiger partial charge in [-0.3, -0.25) is 4.79 Å². The van der Waals surface area contributed by atoms with Crippen LogP contribution in [0.3, 0.4) is 0 Å². The molecule has 1 saturated heterocycles. The minimum atomic E-state index is -5.14. The Kier molecular flexibility index (Phi) is 4.38. The Bertz CT molecular complexity index is 803. The third-order valence-corrected chi connectivity index (χ3v) is 5.02. The number of hydrogen-bond donors (Lipinski definition) is 3. The molecule has 134 valence electrons. The van der Waals surface area contributed by atoms with Crippen LogP contribution in [-0.4, -0.2) is 27.9 Å². The van der Waals surface area contributed by atoms with E-state index in [4.69, 9.17) is 16.6 Å². The van der Waals surface area contributed by atoms with Gasteiger partial charge >= 0.3 is 6.18 Å². The lowest BCUT2D eigenvalue weighted by Gasteiger charge is -2.45. The molecule has 10 heteroatoms. The number of rotatable bonds is 3. The highest BCUT2D eigenvalue weighted by Crippen LogP contribution is 2.44. The molecular formula is C15H13F3N2O3S2. The van der Waals surface area contributed by atoms with Crippen LogP contribution < -0.4 is 10.6 Å². The molecule has 2 aromatic rings. The van der Waals surface area contributed by atoms with E-state index < -0.39 is 34.8 Å². The molecule has 2 aromatic heterocycles. The van der Waals surface area contributed by atoms with Crippen molar-refractivity contribution in [1.29, 1.82) is 0 Å². The zero-order chi connectivity index (χ0) is 18.4. The molecule has 3 rings (SSSR count). The third kappa shape index (κ3) is 3.05. The number of hydrogen-bond acceptors (Lipinski definition) is 5. The molecule has 0 radical (unpaired) electrons. The van der Waals surface area contributed by atoms with Crippen molar-refractivity contribution in [3.8, 4) is 0 Å². The summed E-state index contributed by atoms with van der Waals surface area (Å²) in [7, 11) is 0. The number of aliphatic hydroxyl groups is 1. The maximum atomic E-state index is 13.7. The molecule has 0 spiro atoms. The van der Waals surface area contributed by atoms with E-state index in [0.717, 1.165) is 11.3 Å². The topological polar surface area (TPSA) is 74.5 Å². The van der Waals surface area contributed by atoms with Gasteiger partial charge in [0.05, 0.1) is 4.88 Å². The molecular weight excluding hydrogens is 377 g/mol. The Hall–Kier alpha value is -1.91. The summed E-state index contributed by atoms with van der Waals surface area (Å²) in [5, 5.41) is 16.0. The molecule has 3 heterocycles. The van der Waals surface area contributed by atoms with Gasteiger partial charge in [-0.15, -0.1) is 11.3 Å². The van der Waals surface area contributed by atoms with E-state index in [9.17, 15) is 23.1 Å². The normalized spacial score (nSPS) is 26.8. The predicted octanol–water partition coefficient (Wildman–Crippen LogP) is 2.92. The van der Waals surface area contributed by atoms with E-state index in [-0.39, 0.29) is 10.6 Å². The Morgan fingerprint density at radius 1 is 1.40 bits per heavy atom. The molecule has 3 atom stereocenters. The first-order valence-electron chi connectivity index (χ1n) is 7.15. The fourth-order valence-electron chi connectivity index (χ4n) is 2.77. The summed E-state index contributed by atoms with van der Waals surface area (Å²) in [6.45, 7) is 1.62. The minimum absolute atomic E-state index is 0.0823. The highest BCUT2D eigenvalue weighted by Gasteiger charge is 2.66. The van der Waals surface area contributed by atoms with Gasteiger partial charge in [-0.05, 0) is 42.7 Å². The van der Waals surface area contributed by atoms with Crippen molar-refractivity contribution in [2.75, 3.05) is 0 Å². The van der Waals surface area contributed by atoms with E-state index in [2.05, 4.69) is 5.32 Å². The first-order chi connectivity index (χ1) is 11.6. The van der Waals surface area contributed by atoms with Gasteiger partial charge in [0.1, 0.15) is 23.5 Å². The molecule has 0 unspecified atom stereocenters. The second-order valence-corrected chi connectivity index (χ2v) is 6.96. The molecule has 0 amide bonds. The van der Waals surface area contributed by atoms with Gasteiger partial charge in [-0.25, -0.2) is 0 Å². The lowest BCUT2D eigenvalue weighted by molar-refractivity contribution is -0.286. The van der Waals surface area contributed by atoms with Crippen LogP contribution in [0.1, 0.15) is 27.2 Å². The summed E-state index contributed by atoms with van der Waals surface area (Å²) in [6, 6.07) is 4.68. The van der Waals surface area contributed by atoms with Crippen molar-refractivity contribution in [1.82, 2.24) is 10.6 Å². The molecule has 0 bridgehead atoms. The Balaban J connectivity index is 2.14. The van der Waals surface area contributed by atoms with Crippen LogP contribution in [0.4, 0.5) is 13.2 Å². The summed E-state index contributed by atoms with van der Waals surface area (Å²) in [4.78, 5) is 12.9. The number of alkyl halides is 3. The van der Waals surface area contributed by atoms with E-state index >= 15 is 0 Å². The largest absolute Gasteiger partial charge is 0.464 e. The molecule has 1 aliphatic heterocycles. The number of halogens is 3. The lowest BCUT2D eigenvalue weighted by Crippen LogP contribution is -2.72. The van der Waals surface area contributed by atoms with E-state index in [1.165, 1.54) is 12.1 Å². The van der Waals surface area contributed by atoms with Gasteiger partial charge < -0.3 is 20.2 Å². The zero-order valence-corrected chi connectivity index (χ0v) is 14.4. The van der Waals surface area contributed by atoms with Crippen LogP contribution in [-0.2, 0) is 0 Å². The SMILES string of the molecule is Cc1ccc([C@@H]2NC(=S)N[C@@](O)(C(F)(F)F)[C@H]2C(=O)c2cccs2)o1. The molecule has 0 aliphatic carbocycles. The average Bonchev–Trinajstić information content (AvgIpc) is 3.16. The van der Waals surface area contributed by atoms with Gasteiger partial charge in [0.2, 0.25) is 5.72 Å². The maximum Gasteiger partial charge on any atom is 0.437 e. The van der Waals surface area contributed by atoms with Crippen molar-refractivity contribution in [2.24, 2.45) is 5.92 Å². The number of nitrogens with one attached hydrogen (secondary N) is 2. The minimum Gasteiger partial charge on any atom is -0.464 e. The van der Waals surface area contributed by atoms with Crippen molar-refractivity contribution >= 4 is 34.5 Å². The van der Waals surface area contributed by atoms with Crippen molar-refractivity contribution in [3.63, 3.8) is 0 Å². The summed E-state index contributed by atoms with van der Waals surface area (Å²) >= 11 is 5.81. The Morgan fingerprint density at radius 3 is 2.64 bits per heavy atom. The van der Waals surface area contributed by atoms with Crippen LogP contribution in [0.5, 0.6) is 0 Å². The van der Waals surface area contributed by atoms with Crippen LogP contribution in [0.2, 0.25) is 0 Å². The fraction of sp³-hybridized carbons (Fsp3) is 0.333. The molecule has 0 saturated carbocycles. The van der Waals surface area contributed by atoms with Gasteiger partial charge in [0, 0.05) is 0 Å². The van der Waals surface area contributed by atoms with Crippen LogP contribution in [0, 0.1) is 12.8 Å². The first-order valence-corrected chi connectivity index (χ1v) is 8.44. The summed E-state index contributed by atoms with van der Waals surface area (Å²) in [5.41, 5.74) is -3.53. The summed E-state index contributed by atoms with van der Waals surface area (Å²) < 4.78 is 46.4. The molecule has 5 nitrogen and oxygen atoms in total. The number of thiophene rings is 1. The Labute approximate surface area is 149 Å². The van der Waals surface area contributed by atoms with Gasteiger partial charge in [0.25, 0.3) is 0 Å². The van der Waals surface area contributed by atoms with Crippen molar-refractivity contribution < 1.29 is 27.5 Å². The van der Waals surface area contributed by atoms with E-state index in [1.807, 2.05) is 5.32 Å². The molecule has 3 N–H and O–H groups in total. The second kappa shape index (κ2) is 6.11. The molecule has 1 fully saturated rings. The first kappa shape index (κ1) is 17.9. The van der Waals surface area contributed by atoms with Gasteiger partial charge in [-0.1, -0.05) is 6.07 Å². The Morgan fingerprint density at radius 2 is 2.12 bits per heavy atom. The zero-order valence-electron chi connectivity index (χ0n) is 12.8. The van der Waals surface area contributed by atoms with Crippen molar-refractivity contribution in [3.05, 3.63) is 46.0 Å². The van der Waals surface area contributed by atoms with Gasteiger partial charge in [0.15, 0.2) is 10.9 Å². The highest BCUT2D eigenvalue weighted by molar-refractivity contribution is 7.80.